The molecule has 33 heavy (non-hydrogen) atoms. The smallest absolute Gasteiger partial charge is 0.410 e. The third-order valence-corrected chi connectivity index (χ3v) is 4.80. The highest BCUT2D eigenvalue weighted by Crippen LogP contribution is 2.39. The normalized spacial score (nSPS) is 13.0. The number of nitrogens with zero attached hydrogens (tertiary/aromatic N) is 5. The summed E-state index contributed by atoms with van der Waals surface area (Å²) in [7, 11) is 1.33. The fraction of sp³-hybridized carbons (Fsp3) is 0.300. The van der Waals surface area contributed by atoms with Gasteiger partial charge < -0.3 is 14.6 Å². The molecular formula is C20H19FN6O6. The van der Waals surface area contributed by atoms with Gasteiger partial charge in [0, 0.05) is 12.1 Å². The van der Waals surface area contributed by atoms with Crippen molar-refractivity contribution in [2.75, 3.05) is 12.4 Å². The SMILES string of the molecule is COc1c(-c2ncn(C3CC3)n2)cc(COCc2cc(F)cc(NC(=O)O)n2)cc1[N+](=O)[O-]. The van der Waals surface area contributed by atoms with Gasteiger partial charge in [-0.25, -0.2) is 23.8 Å². The van der Waals surface area contributed by atoms with Crippen LogP contribution < -0.4 is 10.1 Å². The van der Waals surface area contributed by atoms with Crippen molar-refractivity contribution in [1.82, 2.24) is 19.7 Å². The molecule has 2 aromatic heterocycles. The molecule has 1 aliphatic rings. The van der Waals surface area contributed by atoms with Crippen LogP contribution in [-0.4, -0.2) is 43.0 Å². The van der Waals surface area contributed by atoms with E-state index in [1.54, 1.807) is 17.1 Å². The standard InChI is InChI=1S/C20H19FN6O6/c1-32-18-15(19-22-10-26(25-19)14-2-3-14)4-11(5-16(18)27(30)31)8-33-9-13-6-12(21)7-17(23-13)24-20(28)29/h4-7,10,14H,2-3,8-9H2,1H3,(H,23,24)(H,28,29). The van der Waals surface area contributed by atoms with Gasteiger partial charge in [0.15, 0.2) is 5.82 Å². The number of anilines is 1. The first-order valence-electron chi connectivity index (χ1n) is 9.85. The first kappa shape index (κ1) is 22.1. The molecule has 0 atom stereocenters. The van der Waals surface area contributed by atoms with Crippen molar-refractivity contribution in [2.45, 2.75) is 32.1 Å². The number of pyridine rings is 1. The molecule has 2 N–H and O–H groups in total. The molecule has 13 heteroatoms. The number of carboxylic acid groups (broad SMARTS) is 1. The Hall–Kier alpha value is -4.13. The topological polar surface area (TPSA) is 155 Å². The summed E-state index contributed by atoms with van der Waals surface area (Å²) in [5.41, 5.74) is 0.669. The molecule has 172 valence electrons. The van der Waals surface area contributed by atoms with Crippen LogP contribution in [0.1, 0.15) is 30.1 Å². The minimum atomic E-state index is -1.38. The van der Waals surface area contributed by atoms with Crippen molar-refractivity contribution in [3.8, 4) is 17.1 Å². The maximum atomic E-state index is 13.7. The molecule has 1 saturated carbocycles. The Labute approximate surface area is 186 Å². The molecule has 1 aliphatic carbocycles. The van der Waals surface area contributed by atoms with Gasteiger partial charge in [-0.2, -0.15) is 5.10 Å². The molecular weight excluding hydrogens is 439 g/mol. The van der Waals surface area contributed by atoms with Gasteiger partial charge in [-0.05, 0) is 30.5 Å². The van der Waals surface area contributed by atoms with E-state index >= 15 is 0 Å². The number of rotatable bonds is 9. The average molecular weight is 458 g/mol. The first-order chi connectivity index (χ1) is 15.8. The summed E-state index contributed by atoms with van der Waals surface area (Å²) in [6, 6.07) is 5.28. The lowest BCUT2D eigenvalue weighted by Crippen LogP contribution is -2.10. The van der Waals surface area contributed by atoms with Crippen LogP contribution in [0.4, 0.5) is 20.7 Å². The lowest BCUT2D eigenvalue weighted by molar-refractivity contribution is -0.385. The fourth-order valence-corrected chi connectivity index (χ4v) is 3.26. The molecule has 4 rings (SSSR count). The second kappa shape index (κ2) is 9.16. The predicted octanol–water partition coefficient (Wildman–Crippen LogP) is 3.54. The van der Waals surface area contributed by atoms with E-state index in [4.69, 9.17) is 14.6 Å². The molecule has 1 amide bonds. The number of amides is 1. The first-order valence-corrected chi connectivity index (χ1v) is 9.85. The van der Waals surface area contributed by atoms with Gasteiger partial charge in [-0.3, -0.25) is 15.4 Å². The maximum Gasteiger partial charge on any atom is 0.410 e. The summed E-state index contributed by atoms with van der Waals surface area (Å²) in [5, 5.41) is 26.8. The zero-order valence-electron chi connectivity index (χ0n) is 17.4. The van der Waals surface area contributed by atoms with Crippen molar-refractivity contribution in [1.29, 1.82) is 0 Å². The van der Waals surface area contributed by atoms with E-state index in [-0.39, 0.29) is 42.2 Å². The molecule has 12 nitrogen and oxygen atoms in total. The summed E-state index contributed by atoms with van der Waals surface area (Å²) in [6.45, 7) is -0.225. The number of aromatic nitrogens is 4. The second-order valence-corrected chi connectivity index (χ2v) is 7.32. The average Bonchev–Trinajstić information content (AvgIpc) is 3.49. The number of nitrogens with one attached hydrogen (secondary N) is 1. The van der Waals surface area contributed by atoms with Crippen molar-refractivity contribution >= 4 is 17.6 Å². The zero-order chi connectivity index (χ0) is 23.5. The molecule has 3 aromatic rings. The minimum Gasteiger partial charge on any atom is -0.490 e. The highest BCUT2D eigenvalue weighted by Gasteiger charge is 2.27. The monoisotopic (exact) mass is 458 g/mol. The van der Waals surface area contributed by atoms with E-state index in [1.807, 2.05) is 5.32 Å². The lowest BCUT2D eigenvalue weighted by Gasteiger charge is -2.11. The molecule has 0 aliphatic heterocycles. The van der Waals surface area contributed by atoms with E-state index in [1.165, 1.54) is 13.2 Å². The highest BCUT2D eigenvalue weighted by atomic mass is 19.1. The zero-order valence-corrected chi connectivity index (χ0v) is 17.4. The Morgan fingerprint density at radius 1 is 1.33 bits per heavy atom. The van der Waals surface area contributed by atoms with Crippen LogP contribution in [0, 0.1) is 15.9 Å². The molecule has 0 radical (unpaired) electrons. The summed E-state index contributed by atoms with van der Waals surface area (Å²) in [6.07, 6.45) is 2.22. The molecule has 0 bridgehead atoms. The van der Waals surface area contributed by atoms with E-state index in [9.17, 15) is 19.3 Å². The Morgan fingerprint density at radius 2 is 2.12 bits per heavy atom. The van der Waals surface area contributed by atoms with E-state index in [0.29, 0.717) is 17.0 Å². The second-order valence-electron chi connectivity index (χ2n) is 7.32. The third-order valence-electron chi connectivity index (χ3n) is 4.80. The largest absolute Gasteiger partial charge is 0.490 e. The van der Waals surface area contributed by atoms with Crippen LogP contribution in [0.15, 0.2) is 30.6 Å². The van der Waals surface area contributed by atoms with Crippen molar-refractivity contribution in [3.05, 3.63) is 57.8 Å². The Morgan fingerprint density at radius 3 is 2.79 bits per heavy atom. The molecule has 1 fully saturated rings. The number of halogens is 1. The number of hydrogen-bond donors (Lipinski definition) is 2. The summed E-state index contributed by atoms with van der Waals surface area (Å²) in [4.78, 5) is 30.0. The van der Waals surface area contributed by atoms with E-state index < -0.39 is 16.8 Å². The van der Waals surface area contributed by atoms with E-state index in [0.717, 1.165) is 25.0 Å². The van der Waals surface area contributed by atoms with Gasteiger partial charge in [0.25, 0.3) is 0 Å². The lowest BCUT2D eigenvalue weighted by atomic mass is 10.1. The predicted molar refractivity (Wildman–Crippen MR) is 111 cm³/mol. The van der Waals surface area contributed by atoms with Crippen LogP contribution in [0.2, 0.25) is 0 Å². The molecule has 0 spiro atoms. The van der Waals surface area contributed by atoms with Gasteiger partial charge in [0.05, 0.1) is 42.5 Å². The number of ether oxygens (including phenoxy) is 2. The maximum absolute atomic E-state index is 13.7. The quantitative estimate of drug-likeness (QED) is 0.362. The van der Waals surface area contributed by atoms with Gasteiger partial charge in [-0.1, -0.05) is 0 Å². The Kier molecular flexibility index (Phi) is 6.13. The minimum absolute atomic E-state index is 0.0356. The number of hydrogen-bond acceptors (Lipinski definition) is 8. The van der Waals surface area contributed by atoms with E-state index in [2.05, 4.69) is 15.1 Å². The third kappa shape index (κ3) is 5.20. The summed E-state index contributed by atoms with van der Waals surface area (Å²) < 4.78 is 26.3. The van der Waals surface area contributed by atoms with Gasteiger partial charge in [0.1, 0.15) is 18.0 Å². The van der Waals surface area contributed by atoms with Gasteiger partial charge in [-0.15, -0.1) is 0 Å². The Bertz CT molecular complexity index is 1210. The van der Waals surface area contributed by atoms with Crippen LogP contribution in [0.3, 0.4) is 0 Å². The number of methoxy groups -OCH3 is 1. The molecule has 2 heterocycles. The van der Waals surface area contributed by atoms with Crippen molar-refractivity contribution < 1.29 is 28.7 Å². The van der Waals surface area contributed by atoms with Crippen LogP contribution in [0.25, 0.3) is 11.4 Å². The Balaban J connectivity index is 1.56. The number of carbonyl (C=O) groups is 1. The molecule has 0 unspecified atom stereocenters. The van der Waals surface area contributed by atoms with Crippen LogP contribution in [-0.2, 0) is 18.0 Å². The van der Waals surface area contributed by atoms with Gasteiger partial charge >= 0.3 is 11.8 Å². The van der Waals surface area contributed by atoms with Crippen molar-refractivity contribution in [2.24, 2.45) is 0 Å². The molecule has 0 saturated heterocycles. The summed E-state index contributed by atoms with van der Waals surface area (Å²) >= 11 is 0. The number of benzene rings is 1. The molecule has 1 aromatic carbocycles. The number of nitro benzene ring substituents is 1. The van der Waals surface area contributed by atoms with Crippen LogP contribution in [0.5, 0.6) is 5.75 Å². The van der Waals surface area contributed by atoms with Gasteiger partial charge in [0.2, 0.25) is 5.75 Å². The fourth-order valence-electron chi connectivity index (χ4n) is 3.26. The number of nitro groups is 1. The highest BCUT2D eigenvalue weighted by molar-refractivity contribution is 5.81. The summed E-state index contributed by atoms with van der Waals surface area (Å²) in [5.74, 6) is -0.541. The van der Waals surface area contributed by atoms with Crippen molar-refractivity contribution in [3.63, 3.8) is 0 Å². The van der Waals surface area contributed by atoms with Crippen LogP contribution >= 0.6 is 0 Å².